The quantitative estimate of drug-likeness (QED) is 0.740. The van der Waals surface area contributed by atoms with Gasteiger partial charge in [-0.3, -0.25) is 0 Å². The average molecular weight is 231 g/mol. The number of aromatic amines is 1. The van der Waals surface area contributed by atoms with E-state index in [9.17, 15) is 0 Å². The number of hydrogen-bond acceptors (Lipinski definition) is 4. The minimum absolute atomic E-state index is 0.235. The summed E-state index contributed by atoms with van der Waals surface area (Å²) >= 11 is 0. The van der Waals surface area contributed by atoms with Crippen molar-refractivity contribution in [3.8, 4) is 0 Å². The molecule has 0 amide bonds. The Morgan fingerprint density at radius 1 is 1.47 bits per heavy atom. The number of rotatable bonds is 4. The zero-order chi connectivity index (χ0) is 11.8. The first-order valence-corrected chi connectivity index (χ1v) is 6.05. The maximum absolute atomic E-state index is 6.10. The molecule has 1 aliphatic rings. The fraction of sp³-hybridized carbons (Fsp3) is 0.500. The number of nitrogens with two attached hydrogens (primary N) is 1. The summed E-state index contributed by atoms with van der Waals surface area (Å²) in [6, 6.07) is 4.16. The monoisotopic (exact) mass is 231 g/mol. The topological polar surface area (TPSA) is 79.6 Å². The number of imidazole rings is 1. The molecule has 4 N–H and O–H groups in total. The second kappa shape index (κ2) is 4.00. The van der Waals surface area contributed by atoms with E-state index in [4.69, 9.17) is 5.73 Å². The van der Waals surface area contributed by atoms with Gasteiger partial charge in [-0.1, -0.05) is 0 Å². The molecule has 3 rings (SSSR count). The van der Waals surface area contributed by atoms with Crippen LogP contribution in [0.4, 0.5) is 5.82 Å². The van der Waals surface area contributed by atoms with Crippen LogP contribution in [0, 0.1) is 5.92 Å². The fourth-order valence-corrected chi connectivity index (χ4v) is 2.09. The van der Waals surface area contributed by atoms with Crippen LogP contribution in [0.3, 0.4) is 0 Å². The van der Waals surface area contributed by atoms with E-state index in [1.807, 2.05) is 19.2 Å². The van der Waals surface area contributed by atoms with Gasteiger partial charge in [0.25, 0.3) is 0 Å². The molecule has 0 bridgehead atoms. The van der Waals surface area contributed by atoms with Gasteiger partial charge in [-0.2, -0.15) is 0 Å². The Balaban J connectivity index is 1.85. The van der Waals surface area contributed by atoms with E-state index in [2.05, 4.69) is 20.3 Å². The van der Waals surface area contributed by atoms with Crippen molar-refractivity contribution in [1.82, 2.24) is 15.0 Å². The van der Waals surface area contributed by atoms with Gasteiger partial charge in [0.05, 0.1) is 5.52 Å². The molecule has 90 valence electrons. The minimum Gasteiger partial charge on any atom is -0.373 e. The first kappa shape index (κ1) is 10.5. The lowest BCUT2D eigenvalue weighted by Crippen LogP contribution is -2.25. The second-order valence-corrected chi connectivity index (χ2v) is 4.71. The maximum Gasteiger partial charge on any atom is 0.179 e. The van der Waals surface area contributed by atoms with Crippen molar-refractivity contribution in [2.24, 2.45) is 11.7 Å². The Kier molecular flexibility index (Phi) is 2.48. The van der Waals surface area contributed by atoms with E-state index in [0.29, 0.717) is 5.92 Å². The lowest BCUT2D eigenvalue weighted by molar-refractivity contribution is 0.579. The van der Waals surface area contributed by atoms with Crippen LogP contribution in [-0.2, 0) is 6.42 Å². The molecular formula is C12H17N5. The van der Waals surface area contributed by atoms with Crippen molar-refractivity contribution in [3.05, 3.63) is 18.0 Å². The van der Waals surface area contributed by atoms with Crippen LogP contribution in [0.2, 0.25) is 0 Å². The Morgan fingerprint density at radius 3 is 3.00 bits per heavy atom. The Morgan fingerprint density at radius 2 is 2.29 bits per heavy atom. The molecule has 1 saturated carbocycles. The molecule has 5 heteroatoms. The largest absolute Gasteiger partial charge is 0.373 e. The molecule has 0 radical (unpaired) electrons. The number of nitrogens with one attached hydrogen (secondary N) is 2. The molecule has 0 spiro atoms. The molecule has 0 aliphatic heterocycles. The number of aromatic nitrogens is 3. The number of nitrogens with zero attached hydrogens (tertiary/aromatic N) is 2. The molecular weight excluding hydrogens is 214 g/mol. The Labute approximate surface area is 99.8 Å². The van der Waals surface area contributed by atoms with Gasteiger partial charge in [-0.15, -0.1) is 0 Å². The van der Waals surface area contributed by atoms with Crippen molar-refractivity contribution in [2.45, 2.75) is 25.3 Å². The summed E-state index contributed by atoms with van der Waals surface area (Å²) in [6.07, 6.45) is 3.35. The summed E-state index contributed by atoms with van der Waals surface area (Å²) in [4.78, 5) is 12.2. The molecule has 2 aromatic heterocycles. The highest BCUT2D eigenvalue weighted by atomic mass is 15.0. The highest BCUT2D eigenvalue weighted by Crippen LogP contribution is 2.32. The molecule has 1 atom stereocenters. The van der Waals surface area contributed by atoms with Crippen LogP contribution in [0.5, 0.6) is 0 Å². The SMILES string of the molecule is CNc1ccc2[nH]c(CC(N)C3CC3)nc2n1. The van der Waals surface area contributed by atoms with Crippen LogP contribution in [0.1, 0.15) is 18.7 Å². The molecule has 5 nitrogen and oxygen atoms in total. The maximum atomic E-state index is 6.10. The van der Waals surface area contributed by atoms with Crippen molar-refractivity contribution in [3.63, 3.8) is 0 Å². The summed E-state index contributed by atoms with van der Waals surface area (Å²) < 4.78 is 0. The van der Waals surface area contributed by atoms with Gasteiger partial charge in [-0.05, 0) is 30.9 Å². The van der Waals surface area contributed by atoms with Gasteiger partial charge < -0.3 is 16.0 Å². The number of hydrogen-bond donors (Lipinski definition) is 3. The van der Waals surface area contributed by atoms with Gasteiger partial charge in [0.1, 0.15) is 11.6 Å². The van der Waals surface area contributed by atoms with Crippen LogP contribution in [0.25, 0.3) is 11.2 Å². The highest BCUT2D eigenvalue weighted by molar-refractivity contribution is 5.72. The van der Waals surface area contributed by atoms with E-state index in [0.717, 1.165) is 29.2 Å². The summed E-state index contributed by atoms with van der Waals surface area (Å²) in [7, 11) is 1.85. The van der Waals surface area contributed by atoms with Gasteiger partial charge in [0.15, 0.2) is 5.65 Å². The summed E-state index contributed by atoms with van der Waals surface area (Å²) in [5.74, 6) is 2.48. The summed E-state index contributed by atoms with van der Waals surface area (Å²) in [5, 5.41) is 3.01. The molecule has 0 saturated heterocycles. The standard InChI is InChI=1S/C12H17N5/c1-14-10-5-4-9-12(16-10)17-11(15-9)6-8(13)7-2-3-7/h4-5,7-8H,2-3,6,13H2,1H3,(H2,14,15,16,17). The van der Waals surface area contributed by atoms with E-state index < -0.39 is 0 Å². The fourth-order valence-electron chi connectivity index (χ4n) is 2.09. The van der Waals surface area contributed by atoms with Crippen LogP contribution >= 0.6 is 0 Å². The number of pyridine rings is 1. The molecule has 1 aliphatic carbocycles. The number of fused-ring (bicyclic) bond motifs is 1. The van der Waals surface area contributed by atoms with Crippen molar-refractivity contribution < 1.29 is 0 Å². The van der Waals surface area contributed by atoms with Crippen molar-refractivity contribution in [1.29, 1.82) is 0 Å². The lowest BCUT2D eigenvalue weighted by Gasteiger charge is -2.06. The van der Waals surface area contributed by atoms with Gasteiger partial charge in [0.2, 0.25) is 0 Å². The third-order valence-electron chi connectivity index (χ3n) is 3.31. The second-order valence-electron chi connectivity index (χ2n) is 4.71. The predicted molar refractivity (Wildman–Crippen MR) is 67.8 cm³/mol. The molecule has 17 heavy (non-hydrogen) atoms. The Hall–Kier alpha value is -1.62. The van der Waals surface area contributed by atoms with Gasteiger partial charge >= 0.3 is 0 Å². The highest BCUT2D eigenvalue weighted by Gasteiger charge is 2.29. The van der Waals surface area contributed by atoms with Crippen molar-refractivity contribution >= 4 is 17.0 Å². The third kappa shape index (κ3) is 2.10. The number of H-pyrrole nitrogens is 1. The number of anilines is 1. The summed E-state index contributed by atoms with van der Waals surface area (Å²) in [5.41, 5.74) is 7.83. The van der Waals surface area contributed by atoms with Gasteiger partial charge in [0, 0.05) is 19.5 Å². The summed E-state index contributed by atoms with van der Waals surface area (Å²) in [6.45, 7) is 0. The molecule has 0 aromatic carbocycles. The smallest absolute Gasteiger partial charge is 0.179 e. The van der Waals surface area contributed by atoms with E-state index >= 15 is 0 Å². The van der Waals surface area contributed by atoms with Gasteiger partial charge in [-0.25, -0.2) is 9.97 Å². The first-order chi connectivity index (χ1) is 8.26. The molecule has 2 aromatic rings. The van der Waals surface area contributed by atoms with Crippen LogP contribution < -0.4 is 11.1 Å². The lowest BCUT2D eigenvalue weighted by atomic mass is 10.1. The molecule has 1 unspecified atom stereocenters. The van der Waals surface area contributed by atoms with E-state index in [1.165, 1.54) is 12.8 Å². The Bertz CT molecular complexity index is 529. The van der Waals surface area contributed by atoms with Crippen molar-refractivity contribution in [2.75, 3.05) is 12.4 Å². The zero-order valence-corrected chi connectivity index (χ0v) is 9.90. The average Bonchev–Trinajstić information content (AvgIpc) is 3.10. The normalized spacial score (nSPS) is 17.3. The van der Waals surface area contributed by atoms with Crippen LogP contribution in [-0.4, -0.2) is 28.0 Å². The molecule has 1 fully saturated rings. The molecule has 2 heterocycles. The van der Waals surface area contributed by atoms with Crippen LogP contribution in [0.15, 0.2) is 12.1 Å². The first-order valence-electron chi connectivity index (χ1n) is 6.05. The van der Waals surface area contributed by atoms with E-state index in [-0.39, 0.29) is 6.04 Å². The minimum atomic E-state index is 0.235. The third-order valence-corrected chi connectivity index (χ3v) is 3.31. The predicted octanol–water partition coefficient (Wildman–Crippen LogP) is 1.28. The van der Waals surface area contributed by atoms with E-state index in [1.54, 1.807) is 0 Å². The zero-order valence-electron chi connectivity index (χ0n) is 9.90.